The summed E-state index contributed by atoms with van der Waals surface area (Å²) in [5.41, 5.74) is 1.83. The Balaban J connectivity index is 2.51. The average Bonchev–Trinajstić information content (AvgIpc) is 2.82. The van der Waals surface area contributed by atoms with Gasteiger partial charge in [0.05, 0.1) is 16.6 Å². The molecule has 0 saturated carbocycles. The SMILES string of the molecule is CCS(=O)CCn1c(C(C)C)nc2ccc(C(=O)O)cc21. The smallest absolute Gasteiger partial charge is 0.335 e. The van der Waals surface area contributed by atoms with Crippen molar-refractivity contribution in [2.45, 2.75) is 33.2 Å². The minimum atomic E-state index is -0.951. The summed E-state index contributed by atoms with van der Waals surface area (Å²) in [5, 5.41) is 9.13. The lowest BCUT2D eigenvalue weighted by molar-refractivity contribution is 0.0697. The van der Waals surface area contributed by atoms with Crippen LogP contribution in [0.2, 0.25) is 0 Å². The van der Waals surface area contributed by atoms with Gasteiger partial charge in [-0.3, -0.25) is 4.21 Å². The lowest BCUT2D eigenvalue weighted by Crippen LogP contribution is -2.12. The summed E-state index contributed by atoms with van der Waals surface area (Å²) in [4.78, 5) is 15.7. The zero-order chi connectivity index (χ0) is 15.6. The third-order valence-corrected chi connectivity index (χ3v) is 4.69. The molecule has 5 nitrogen and oxygen atoms in total. The van der Waals surface area contributed by atoms with Gasteiger partial charge in [-0.25, -0.2) is 9.78 Å². The maximum Gasteiger partial charge on any atom is 0.335 e. The van der Waals surface area contributed by atoms with E-state index in [0.717, 1.165) is 16.9 Å². The van der Waals surface area contributed by atoms with Crippen LogP contribution in [-0.2, 0) is 17.3 Å². The number of imidazole rings is 1. The van der Waals surface area contributed by atoms with Crippen molar-refractivity contribution in [1.29, 1.82) is 0 Å². The average molecular weight is 308 g/mol. The number of rotatable bonds is 6. The van der Waals surface area contributed by atoms with Crippen LogP contribution in [0, 0.1) is 0 Å². The summed E-state index contributed by atoms with van der Waals surface area (Å²) >= 11 is 0. The summed E-state index contributed by atoms with van der Waals surface area (Å²) in [5.74, 6) is 1.36. The van der Waals surface area contributed by atoms with E-state index in [0.29, 0.717) is 18.1 Å². The monoisotopic (exact) mass is 308 g/mol. The highest BCUT2D eigenvalue weighted by atomic mass is 32.2. The van der Waals surface area contributed by atoms with Crippen LogP contribution >= 0.6 is 0 Å². The van der Waals surface area contributed by atoms with Gasteiger partial charge in [0.25, 0.3) is 0 Å². The van der Waals surface area contributed by atoms with E-state index in [1.807, 2.05) is 25.3 Å². The van der Waals surface area contributed by atoms with Crippen LogP contribution < -0.4 is 0 Å². The topological polar surface area (TPSA) is 72.2 Å². The largest absolute Gasteiger partial charge is 0.478 e. The molecule has 2 aromatic rings. The van der Waals surface area contributed by atoms with Gasteiger partial charge in [0.1, 0.15) is 5.82 Å². The standard InChI is InChI=1S/C15H20N2O3S/c1-4-21(20)8-7-17-13-9-11(15(18)19)5-6-12(13)16-14(17)10(2)3/h5-6,9-10H,4,7-8H2,1-3H3,(H,18,19). The summed E-state index contributed by atoms with van der Waals surface area (Å²) in [6, 6.07) is 4.94. The number of hydrogen-bond acceptors (Lipinski definition) is 3. The molecule has 1 N–H and O–H groups in total. The molecule has 114 valence electrons. The maximum absolute atomic E-state index is 11.7. The number of benzene rings is 1. The van der Waals surface area contributed by atoms with Gasteiger partial charge in [0, 0.05) is 34.8 Å². The maximum atomic E-state index is 11.7. The minimum absolute atomic E-state index is 0.223. The van der Waals surface area contributed by atoms with Crippen molar-refractivity contribution < 1.29 is 14.1 Å². The molecular weight excluding hydrogens is 288 g/mol. The van der Waals surface area contributed by atoms with Crippen LogP contribution in [0.1, 0.15) is 42.9 Å². The van der Waals surface area contributed by atoms with Crippen molar-refractivity contribution in [1.82, 2.24) is 9.55 Å². The Morgan fingerprint density at radius 1 is 1.43 bits per heavy atom. The normalized spacial score (nSPS) is 13.0. The Morgan fingerprint density at radius 3 is 2.71 bits per heavy atom. The zero-order valence-corrected chi connectivity index (χ0v) is 13.3. The number of aryl methyl sites for hydroxylation is 1. The fraction of sp³-hybridized carbons (Fsp3) is 0.467. The predicted molar refractivity (Wildman–Crippen MR) is 84.3 cm³/mol. The second-order valence-corrected chi connectivity index (χ2v) is 7.08. The van der Waals surface area contributed by atoms with Crippen LogP contribution in [0.15, 0.2) is 18.2 Å². The summed E-state index contributed by atoms with van der Waals surface area (Å²) in [7, 11) is -0.855. The molecule has 0 bridgehead atoms. The number of nitrogens with zero attached hydrogens (tertiary/aromatic N) is 2. The molecule has 21 heavy (non-hydrogen) atoms. The molecule has 6 heteroatoms. The molecule has 1 heterocycles. The van der Waals surface area contributed by atoms with Crippen LogP contribution in [0.3, 0.4) is 0 Å². The van der Waals surface area contributed by atoms with E-state index in [1.165, 1.54) is 0 Å². The predicted octanol–water partition coefficient (Wildman–Crippen LogP) is 2.63. The molecule has 1 atom stereocenters. The van der Waals surface area contributed by atoms with E-state index < -0.39 is 16.8 Å². The van der Waals surface area contributed by atoms with Crippen molar-refractivity contribution in [3.8, 4) is 0 Å². The van der Waals surface area contributed by atoms with E-state index in [4.69, 9.17) is 5.11 Å². The Hall–Kier alpha value is -1.69. The van der Waals surface area contributed by atoms with Crippen LogP contribution in [0.25, 0.3) is 11.0 Å². The number of aromatic carboxylic acids is 1. The van der Waals surface area contributed by atoms with E-state index >= 15 is 0 Å². The quantitative estimate of drug-likeness (QED) is 0.890. The highest BCUT2D eigenvalue weighted by Crippen LogP contribution is 2.23. The molecule has 1 aromatic carbocycles. The highest BCUT2D eigenvalue weighted by molar-refractivity contribution is 7.84. The first-order valence-corrected chi connectivity index (χ1v) is 8.51. The molecule has 2 rings (SSSR count). The number of carboxylic acid groups (broad SMARTS) is 1. The van der Waals surface area contributed by atoms with E-state index in [-0.39, 0.29) is 11.5 Å². The Morgan fingerprint density at radius 2 is 2.14 bits per heavy atom. The molecule has 0 spiro atoms. The number of carboxylic acids is 1. The molecule has 0 aliphatic rings. The van der Waals surface area contributed by atoms with Gasteiger partial charge in [0.15, 0.2) is 0 Å². The molecule has 1 aromatic heterocycles. The number of aromatic nitrogens is 2. The van der Waals surface area contributed by atoms with Gasteiger partial charge in [0.2, 0.25) is 0 Å². The number of carbonyl (C=O) groups is 1. The fourth-order valence-corrected chi connectivity index (χ4v) is 2.96. The van der Waals surface area contributed by atoms with Crippen molar-refractivity contribution in [3.05, 3.63) is 29.6 Å². The van der Waals surface area contributed by atoms with Crippen LogP contribution in [0.5, 0.6) is 0 Å². The molecule has 0 amide bonds. The van der Waals surface area contributed by atoms with Crippen molar-refractivity contribution in [3.63, 3.8) is 0 Å². The second-order valence-electron chi connectivity index (χ2n) is 5.22. The van der Waals surface area contributed by atoms with Crippen LogP contribution in [-0.4, -0.2) is 36.3 Å². The fourth-order valence-electron chi connectivity index (χ4n) is 2.29. The van der Waals surface area contributed by atoms with Gasteiger partial charge in [-0.15, -0.1) is 0 Å². The third kappa shape index (κ3) is 3.32. The Bertz CT molecular complexity index is 692. The van der Waals surface area contributed by atoms with Crippen LogP contribution in [0.4, 0.5) is 0 Å². The van der Waals surface area contributed by atoms with Crippen molar-refractivity contribution in [2.24, 2.45) is 0 Å². The van der Waals surface area contributed by atoms with E-state index in [1.54, 1.807) is 18.2 Å². The molecule has 0 fully saturated rings. The Labute approximate surface area is 126 Å². The zero-order valence-electron chi connectivity index (χ0n) is 12.5. The lowest BCUT2D eigenvalue weighted by Gasteiger charge is -2.11. The summed E-state index contributed by atoms with van der Waals surface area (Å²) < 4.78 is 13.7. The highest BCUT2D eigenvalue weighted by Gasteiger charge is 2.15. The first-order chi connectivity index (χ1) is 9.93. The molecule has 0 saturated heterocycles. The second kappa shape index (κ2) is 6.39. The van der Waals surface area contributed by atoms with Gasteiger partial charge >= 0.3 is 5.97 Å². The van der Waals surface area contributed by atoms with Gasteiger partial charge in [-0.05, 0) is 18.2 Å². The molecule has 0 radical (unpaired) electrons. The van der Waals surface area contributed by atoms with Crippen molar-refractivity contribution in [2.75, 3.05) is 11.5 Å². The van der Waals surface area contributed by atoms with Gasteiger partial charge in [-0.2, -0.15) is 0 Å². The molecule has 1 unspecified atom stereocenters. The Kier molecular flexibility index (Phi) is 4.77. The van der Waals surface area contributed by atoms with Gasteiger partial charge < -0.3 is 9.67 Å². The van der Waals surface area contributed by atoms with Crippen molar-refractivity contribution >= 4 is 27.8 Å². The first-order valence-electron chi connectivity index (χ1n) is 7.02. The molecule has 0 aliphatic carbocycles. The number of fused-ring (bicyclic) bond motifs is 1. The van der Waals surface area contributed by atoms with E-state index in [2.05, 4.69) is 4.98 Å². The lowest BCUT2D eigenvalue weighted by atomic mass is 10.2. The molecule has 0 aliphatic heterocycles. The van der Waals surface area contributed by atoms with E-state index in [9.17, 15) is 9.00 Å². The minimum Gasteiger partial charge on any atom is -0.478 e. The first kappa shape index (κ1) is 15.7. The number of hydrogen-bond donors (Lipinski definition) is 1. The molecular formula is C15H20N2O3S. The summed E-state index contributed by atoms with van der Waals surface area (Å²) in [6.07, 6.45) is 0. The summed E-state index contributed by atoms with van der Waals surface area (Å²) in [6.45, 7) is 6.58. The third-order valence-electron chi connectivity index (χ3n) is 3.41. The van der Waals surface area contributed by atoms with Gasteiger partial charge in [-0.1, -0.05) is 20.8 Å².